The zero-order chi connectivity index (χ0) is 27.5. The van der Waals surface area contributed by atoms with Crippen LogP contribution in [0.2, 0.25) is 0 Å². The minimum absolute atomic E-state index is 0.0865. The van der Waals surface area contributed by atoms with Crippen LogP contribution in [0.15, 0.2) is 90.5 Å². The number of rotatable bonds is 6. The number of aryl methyl sites for hydroxylation is 1. The summed E-state index contributed by atoms with van der Waals surface area (Å²) >= 11 is 0. The van der Waals surface area contributed by atoms with Crippen LogP contribution in [0.3, 0.4) is 0 Å². The van der Waals surface area contributed by atoms with Crippen molar-refractivity contribution in [2.75, 3.05) is 7.05 Å². The van der Waals surface area contributed by atoms with E-state index in [1.54, 1.807) is 0 Å². The molecule has 196 valence electrons. The molecule has 0 unspecified atom stereocenters. The van der Waals surface area contributed by atoms with Crippen LogP contribution in [0, 0.1) is 5.92 Å². The number of fused-ring (bicyclic) bond motifs is 2. The lowest BCUT2D eigenvalue weighted by Gasteiger charge is -2.28. The molecular weight excluding hydrogens is 480 g/mol. The second kappa shape index (κ2) is 9.30. The zero-order valence-corrected chi connectivity index (χ0v) is 23.4. The molecule has 4 heteroatoms. The van der Waals surface area contributed by atoms with Crippen molar-refractivity contribution in [3.05, 3.63) is 102 Å². The Morgan fingerprint density at radius 1 is 0.897 bits per heavy atom. The number of carbonyl (C=O) groups excluding carboxylic acids is 2. The van der Waals surface area contributed by atoms with Crippen molar-refractivity contribution in [3.63, 3.8) is 0 Å². The van der Waals surface area contributed by atoms with Gasteiger partial charge in [-0.25, -0.2) is 0 Å². The molecule has 1 saturated carbocycles. The smallest absolute Gasteiger partial charge is 0.209 e. The van der Waals surface area contributed by atoms with E-state index in [9.17, 15) is 9.59 Å². The number of aromatic nitrogens is 1. The molecule has 1 fully saturated rings. The molecule has 0 amide bonds. The van der Waals surface area contributed by atoms with E-state index in [4.69, 9.17) is 0 Å². The molecule has 0 spiro atoms. The largest absolute Gasteiger partial charge is 0.340 e. The molecule has 0 bridgehead atoms. The molecule has 2 heterocycles. The first-order chi connectivity index (χ1) is 18.7. The molecule has 1 aliphatic carbocycles. The van der Waals surface area contributed by atoms with Gasteiger partial charge in [-0.15, -0.1) is 0 Å². The second-order valence-electron chi connectivity index (χ2n) is 11.8. The van der Waals surface area contributed by atoms with Crippen LogP contribution in [0.4, 0.5) is 5.69 Å². The number of Topliss-reactive ketones (excluding diaryl/α,β-unsaturated/α-hetero) is 2. The summed E-state index contributed by atoms with van der Waals surface area (Å²) in [6, 6.07) is 26.7. The molecule has 0 atom stereocenters. The van der Waals surface area contributed by atoms with E-state index in [0.717, 1.165) is 52.1 Å². The molecule has 39 heavy (non-hydrogen) atoms. The van der Waals surface area contributed by atoms with Crippen molar-refractivity contribution < 1.29 is 14.2 Å². The van der Waals surface area contributed by atoms with Crippen LogP contribution in [0.25, 0.3) is 22.2 Å². The molecule has 6 rings (SSSR count). The van der Waals surface area contributed by atoms with Crippen LogP contribution in [-0.4, -0.2) is 33.5 Å². The number of allylic oxidation sites excluding steroid dienone is 2. The van der Waals surface area contributed by atoms with Gasteiger partial charge in [-0.3, -0.25) is 9.59 Å². The molecule has 2 aliphatic rings. The van der Waals surface area contributed by atoms with E-state index >= 15 is 0 Å². The zero-order valence-electron chi connectivity index (χ0n) is 23.4. The van der Waals surface area contributed by atoms with Gasteiger partial charge in [0.25, 0.3) is 0 Å². The lowest BCUT2D eigenvalue weighted by Crippen LogP contribution is -2.40. The summed E-state index contributed by atoms with van der Waals surface area (Å²) < 4.78 is 4.44. The number of carbonyl (C=O) groups is 2. The van der Waals surface area contributed by atoms with Gasteiger partial charge >= 0.3 is 0 Å². The Morgan fingerprint density at radius 2 is 1.54 bits per heavy atom. The monoisotopic (exact) mass is 515 g/mol. The number of ketones is 2. The lowest BCUT2D eigenvalue weighted by atomic mass is 9.70. The lowest BCUT2D eigenvalue weighted by molar-refractivity contribution is -0.401. The van der Waals surface area contributed by atoms with Gasteiger partial charge in [0.15, 0.2) is 17.3 Å². The normalized spacial score (nSPS) is 18.2. The molecule has 0 N–H and O–H groups in total. The third kappa shape index (κ3) is 3.84. The van der Waals surface area contributed by atoms with E-state index in [-0.39, 0.29) is 17.0 Å². The fourth-order valence-electron chi connectivity index (χ4n) is 6.42. The van der Waals surface area contributed by atoms with Crippen LogP contribution in [0.5, 0.6) is 0 Å². The Bertz CT molecular complexity index is 1680. The fraction of sp³-hybridized carbons (Fsp3) is 0.286. The molecule has 4 nitrogen and oxygen atoms in total. The van der Waals surface area contributed by atoms with Gasteiger partial charge in [-0.1, -0.05) is 80.6 Å². The van der Waals surface area contributed by atoms with E-state index in [1.807, 2.05) is 55.6 Å². The average molecular weight is 516 g/mol. The summed E-state index contributed by atoms with van der Waals surface area (Å²) in [5, 5.41) is 0.990. The van der Waals surface area contributed by atoms with Crippen LogP contribution >= 0.6 is 0 Å². The van der Waals surface area contributed by atoms with Crippen LogP contribution < -0.4 is 0 Å². The third-order valence-electron chi connectivity index (χ3n) is 8.55. The predicted octanol–water partition coefficient (Wildman–Crippen LogP) is 7.22. The summed E-state index contributed by atoms with van der Waals surface area (Å²) in [5.41, 5.74) is 7.24. The number of hydrogen-bond donors (Lipinski definition) is 0. The van der Waals surface area contributed by atoms with Gasteiger partial charge in [0.05, 0.1) is 16.7 Å². The maximum atomic E-state index is 13.9. The van der Waals surface area contributed by atoms with E-state index in [0.29, 0.717) is 11.5 Å². The molecule has 4 aromatic rings. The quantitative estimate of drug-likeness (QED) is 0.118. The summed E-state index contributed by atoms with van der Waals surface area (Å²) in [7, 11) is 2.01. The van der Waals surface area contributed by atoms with Gasteiger partial charge in [0, 0.05) is 40.7 Å². The topological polar surface area (TPSA) is 42.1 Å². The molecule has 1 aromatic heterocycles. The molecule has 1 aliphatic heterocycles. The minimum Gasteiger partial charge on any atom is -0.340 e. The van der Waals surface area contributed by atoms with Gasteiger partial charge in [0.2, 0.25) is 5.69 Å². The van der Waals surface area contributed by atoms with Crippen LogP contribution in [-0.2, 0) is 21.5 Å². The molecule has 0 saturated heterocycles. The summed E-state index contributed by atoms with van der Waals surface area (Å²) in [6.07, 6.45) is 2.86. The summed E-state index contributed by atoms with van der Waals surface area (Å²) in [4.78, 5) is 27.8. The molecule has 0 radical (unpaired) electrons. The Labute approximate surface area is 230 Å². The van der Waals surface area contributed by atoms with E-state index in [1.165, 1.54) is 5.56 Å². The van der Waals surface area contributed by atoms with Crippen molar-refractivity contribution in [1.82, 2.24) is 4.57 Å². The first-order valence-corrected chi connectivity index (χ1v) is 13.9. The summed E-state index contributed by atoms with van der Waals surface area (Å²) in [5.74, 6) is -0.421. The van der Waals surface area contributed by atoms with E-state index < -0.39 is 5.92 Å². The highest BCUT2D eigenvalue weighted by Gasteiger charge is 2.50. The minimum atomic E-state index is -0.783. The Kier molecular flexibility index (Phi) is 6.02. The van der Waals surface area contributed by atoms with Crippen molar-refractivity contribution in [2.45, 2.75) is 52.0 Å². The maximum absolute atomic E-state index is 13.9. The maximum Gasteiger partial charge on any atom is 0.209 e. The van der Waals surface area contributed by atoms with Crippen molar-refractivity contribution in [2.24, 2.45) is 5.92 Å². The first kappa shape index (κ1) is 25.2. The highest BCUT2D eigenvalue weighted by Crippen LogP contribution is 2.46. The molecule has 3 aromatic carbocycles. The Hall–Kier alpha value is -4.05. The number of hydrogen-bond acceptors (Lipinski definition) is 2. The fourth-order valence-corrected chi connectivity index (χ4v) is 6.42. The number of nitrogens with zero attached hydrogens (tertiary/aromatic N) is 2. The Balaban J connectivity index is 1.48. The second-order valence-corrected chi connectivity index (χ2v) is 11.8. The van der Waals surface area contributed by atoms with Crippen molar-refractivity contribution in [3.8, 4) is 11.3 Å². The summed E-state index contributed by atoms with van der Waals surface area (Å²) in [6.45, 7) is 9.59. The van der Waals surface area contributed by atoms with Gasteiger partial charge < -0.3 is 4.57 Å². The highest BCUT2D eigenvalue weighted by molar-refractivity contribution is 6.44. The van der Waals surface area contributed by atoms with E-state index in [2.05, 4.69) is 73.2 Å². The standard InChI is InChI=1S/C35H35N2O2/c1-22(2)19-20-37-27-17-11-9-15-24(27)30(32(37)23-13-7-6-8-14-23)31-33(38)25(34(31)39)21-29-35(3,4)26-16-10-12-18-28(26)36(29)5/h6-18,21-22,31H,19-20H2,1-5H3/q+1. The van der Waals surface area contributed by atoms with Crippen LogP contribution in [0.1, 0.15) is 51.2 Å². The van der Waals surface area contributed by atoms with Gasteiger partial charge in [0.1, 0.15) is 13.0 Å². The number of benzene rings is 3. The third-order valence-corrected chi connectivity index (χ3v) is 8.55. The predicted molar refractivity (Wildman–Crippen MR) is 158 cm³/mol. The highest BCUT2D eigenvalue weighted by atomic mass is 16.2. The SMILES string of the molecule is CC(C)CCn1c(-c2ccccc2)c(C2C(=O)C(=CC3=[N+](C)c4ccccc4C3(C)C)C2=O)c2ccccc21. The van der Waals surface area contributed by atoms with Gasteiger partial charge in [-0.05, 0) is 37.8 Å². The first-order valence-electron chi connectivity index (χ1n) is 13.9. The average Bonchev–Trinajstić information content (AvgIpc) is 3.35. The van der Waals surface area contributed by atoms with Gasteiger partial charge in [-0.2, -0.15) is 4.58 Å². The van der Waals surface area contributed by atoms with Crippen molar-refractivity contribution >= 4 is 33.9 Å². The van der Waals surface area contributed by atoms with Crippen molar-refractivity contribution in [1.29, 1.82) is 0 Å². The number of para-hydroxylation sites is 2. The molecular formula is C35H35N2O2+. The Morgan fingerprint density at radius 3 is 2.23 bits per heavy atom.